The highest BCUT2D eigenvalue weighted by atomic mass is 16.1. The summed E-state index contributed by atoms with van der Waals surface area (Å²) >= 11 is 0. The lowest BCUT2D eigenvalue weighted by Gasteiger charge is -2.56. The second-order valence-corrected chi connectivity index (χ2v) is 7.33. The van der Waals surface area contributed by atoms with E-state index in [-0.39, 0.29) is 16.9 Å². The minimum absolute atomic E-state index is 0.0225. The molecule has 4 nitrogen and oxygen atoms in total. The maximum Gasteiger partial charge on any atom is 0.255 e. The lowest BCUT2D eigenvalue weighted by atomic mass is 9.48. The molecule has 0 amide bonds. The normalized spacial score (nSPS) is 38.4. The van der Waals surface area contributed by atoms with Crippen LogP contribution in [0.1, 0.15) is 56.7 Å². The van der Waals surface area contributed by atoms with E-state index < -0.39 is 0 Å². The minimum Gasteiger partial charge on any atom is -0.369 e. The summed E-state index contributed by atoms with van der Waals surface area (Å²) in [6.07, 6.45) is 8.63. The van der Waals surface area contributed by atoms with Gasteiger partial charge in [0.05, 0.1) is 5.69 Å². The van der Waals surface area contributed by atoms with Crippen molar-refractivity contribution in [3.8, 4) is 0 Å². The molecule has 4 fully saturated rings. The van der Waals surface area contributed by atoms with Gasteiger partial charge >= 0.3 is 0 Å². The van der Waals surface area contributed by atoms with E-state index in [1.165, 1.54) is 38.5 Å². The molecule has 4 aliphatic rings. The minimum atomic E-state index is -0.0225. The van der Waals surface area contributed by atoms with Crippen LogP contribution in [0.5, 0.6) is 0 Å². The van der Waals surface area contributed by atoms with Crippen LogP contribution < -0.4 is 11.3 Å². The van der Waals surface area contributed by atoms with E-state index in [1.54, 1.807) is 0 Å². The fourth-order valence-electron chi connectivity index (χ4n) is 5.68. The van der Waals surface area contributed by atoms with Crippen molar-refractivity contribution in [3.63, 3.8) is 0 Å². The van der Waals surface area contributed by atoms with Crippen LogP contribution in [0.25, 0.3) is 0 Å². The Labute approximate surface area is 119 Å². The largest absolute Gasteiger partial charge is 0.369 e. The van der Waals surface area contributed by atoms with Crippen LogP contribution >= 0.6 is 0 Å². The van der Waals surface area contributed by atoms with Gasteiger partial charge < -0.3 is 5.73 Å². The number of nitrogens with two attached hydrogens (primary N) is 1. The first-order valence-corrected chi connectivity index (χ1v) is 7.99. The summed E-state index contributed by atoms with van der Waals surface area (Å²) < 4.78 is 0. The maximum absolute atomic E-state index is 12.2. The van der Waals surface area contributed by atoms with Crippen molar-refractivity contribution >= 4 is 5.95 Å². The molecule has 1 heterocycles. The average Bonchev–Trinajstić information content (AvgIpc) is 2.36. The molecular weight excluding hydrogens is 250 g/mol. The molecule has 4 heteroatoms. The molecule has 0 spiro atoms. The predicted molar refractivity (Wildman–Crippen MR) is 78.5 cm³/mol. The van der Waals surface area contributed by atoms with Gasteiger partial charge in [-0.25, -0.2) is 4.98 Å². The monoisotopic (exact) mass is 273 g/mol. The van der Waals surface area contributed by atoms with Gasteiger partial charge in [0.15, 0.2) is 0 Å². The molecule has 5 rings (SSSR count). The highest BCUT2D eigenvalue weighted by molar-refractivity contribution is 5.34. The lowest BCUT2D eigenvalue weighted by molar-refractivity contribution is -0.00766. The number of anilines is 1. The van der Waals surface area contributed by atoms with Crippen LogP contribution in [0.4, 0.5) is 5.95 Å². The number of hydrogen-bond acceptors (Lipinski definition) is 3. The zero-order valence-electron chi connectivity index (χ0n) is 12.1. The number of hydrogen-bond donors (Lipinski definition) is 2. The highest BCUT2D eigenvalue weighted by Gasteiger charge is 2.53. The average molecular weight is 273 g/mol. The SMILES string of the molecule is CCc1c(C23CC4CC(CC(C4)C2)C3)nc(N)[nH]c1=O. The van der Waals surface area contributed by atoms with Gasteiger partial charge in [-0.1, -0.05) is 6.92 Å². The third kappa shape index (κ3) is 1.66. The Morgan fingerprint density at radius 3 is 2.25 bits per heavy atom. The zero-order valence-corrected chi connectivity index (χ0v) is 12.1. The van der Waals surface area contributed by atoms with Crippen LogP contribution in [-0.4, -0.2) is 9.97 Å². The number of rotatable bonds is 2. The molecule has 0 atom stereocenters. The summed E-state index contributed by atoms with van der Waals surface area (Å²) in [5.74, 6) is 2.85. The second kappa shape index (κ2) is 4.09. The zero-order chi connectivity index (χ0) is 13.9. The fraction of sp³-hybridized carbons (Fsp3) is 0.750. The summed E-state index contributed by atoms with van der Waals surface area (Å²) in [5.41, 5.74) is 7.89. The summed E-state index contributed by atoms with van der Waals surface area (Å²) in [6.45, 7) is 2.05. The molecule has 20 heavy (non-hydrogen) atoms. The molecule has 4 bridgehead atoms. The number of aromatic nitrogens is 2. The van der Waals surface area contributed by atoms with Crippen molar-refractivity contribution < 1.29 is 0 Å². The Bertz CT molecular complexity index is 569. The highest BCUT2D eigenvalue weighted by Crippen LogP contribution is 2.60. The standard InChI is InChI=1S/C16H23N3O/c1-2-12-13(18-15(17)19-14(12)20)16-6-9-3-10(7-16)5-11(4-9)8-16/h9-11H,2-8H2,1H3,(H3,17,18,19,20). The van der Waals surface area contributed by atoms with Gasteiger partial charge in [0.25, 0.3) is 5.56 Å². The van der Waals surface area contributed by atoms with Gasteiger partial charge in [0.1, 0.15) is 0 Å². The molecule has 4 aliphatic carbocycles. The van der Waals surface area contributed by atoms with Gasteiger partial charge in [-0.15, -0.1) is 0 Å². The molecular formula is C16H23N3O. The van der Waals surface area contributed by atoms with Crippen LogP contribution in [0.2, 0.25) is 0 Å². The van der Waals surface area contributed by atoms with Crippen molar-refractivity contribution in [2.24, 2.45) is 17.8 Å². The molecule has 1 aromatic rings. The third-order valence-electron chi connectivity index (χ3n) is 5.93. The van der Waals surface area contributed by atoms with E-state index in [1.807, 2.05) is 6.92 Å². The molecule has 4 saturated carbocycles. The third-order valence-corrected chi connectivity index (χ3v) is 5.93. The molecule has 0 aliphatic heterocycles. The van der Waals surface area contributed by atoms with E-state index in [0.29, 0.717) is 0 Å². The number of nitrogens with zero attached hydrogens (tertiary/aromatic N) is 1. The molecule has 0 radical (unpaired) electrons. The molecule has 3 N–H and O–H groups in total. The van der Waals surface area contributed by atoms with Crippen molar-refractivity contribution in [3.05, 3.63) is 21.6 Å². The van der Waals surface area contributed by atoms with Crippen LogP contribution in [0.15, 0.2) is 4.79 Å². The number of aromatic amines is 1. The van der Waals surface area contributed by atoms with E-state index in [4.69, 9.17) is 5.73 Å². The van der Waals surface area contributed by atoms with E-state index in [2.05, 4.69) is 9.97 Å². The van der Waals surface area contributed by atoms with E-state index in [0.717, 1.165) is 35.4 Å². The Balaban J connectivity index is 1.86. The molecule has 1 aromatic heterocycles. The Kier molecular flexibility index (Phi) is 2.54. The summed E-state index contributed by atoms with van der Waals surface area (Å²) in [5, 5.41) is 0. The fourth-order valence-corrected chi connectivity index (χ4v) is 5.68. The Morgan fingerprint density at radius 2 is 1.75 bits per heavy atom. The summed E-state index contributed by atoms with van der Waals surface area (Å²) in [7, 11) is 0. The molecule has 0 saturated heterocycles. The van der Waals surface area contributed by atoms with E-state index in [9.17, 15) is 4.79 Å². The maximum atomic E-state index is 12.2. The number of nitrogens with one attached hydrogen (secondary N) is 1. The first kappa shape index (κ1) is 12.4. The summed E-state index contributed by atoms with van der Waals surface area (Å²) in [6, 6.07) is 0. The van der Waals surface area contributed by atoms with Gasteiger partial charge in [0.2, 0.25) is 5.95 Å². The van der Waals surface area contributed by atoms with Crippen LogP contribution in [-0.2, 0) is 11.8 Å². The van der Waals surface area contributed by atoms with Crippen molar-refractivity contribution in [1.82, 2.24) is 9.97 Å². The Hall–Kier alpha value is -1.32. The number of nitrogen functional groups attached to an aromatic ring is 1. The smallest absolute Gasteiger partial charge is 0.255 e. The van der Waals surface area contributed by atoms with Crippen LogP contribution in [0, 0.1) is 17.8 Å². The van der Waals surface area contributed by atoms with Crippen LogP contribution in [0.3, 0.4) is 0 Å². The molecule has 108 valence electrons. The van der Waals surface area contributed by atoms with Gasteiger partial charge in [-0.2, -0.15) is 0 Å². The van der Waals surface area contributed by atoms with Gasteiger partial charge in [0, 0.05) is 11.0 Å². The lowest BCUT2D eigenvalue weighted by Crippen LogP contribution is -2.50. The molecule has 0 aromatic carbocycles. The first-order chi connectivity index (χ1) is 9.59. The Morgan fingerprint density at radius 1 is 1.20 bits per heavy atom. The quantitative estimate of drug-likeness (QED) is 0.869. The molecule has 0 unspecified atom stereocenters. The topological polar surface area (TPSA) is 71.8 Å². The van der Waals surface area contributed by atoms with Gasteiger partial charge in [-0.05, 0) is 62.7 Å². The number of H-pyrrole nitrogens is 1. The van der Waals surface area contributed by atoms with Gasteiger partial charge in [-0.3, -0.25) is 9.78 Å². The summed E-state index contributed by atoms with van der Waals surface area (Å²) in [4.78, 5) is 19.5. The van der Waals surface area contributed by atoms with Crippen molar-refractivity contribution in [2.45, 2.75) is 57.3 Å². The van der Waals surface area contributed by atoms with Crippen molar-refractivity contribution in [2.75, 3.05) is 5.73 Å². The first-order valence-electron chi connectivity index (χ1n) is 7.99. The van der Waals surface area contributed by atoms with E-state index >= 15 is 0 Å². The van der Waals surface area contributed by atoms with Crippen molar-refractivity contribution in [1.29, 1.82) is 0 Å². The predicted octanol–water partition coefficient (Wildman–Crippen LogP) is 2.38. The second-order valence-electron chi connectivity index (χ2n) is 7.33.